The van der Waals surface area contributed by atoms with E-state index < -0.39 is 11.9 Å². The van der Waals surface area contributed by atoms with E-state index in [9.17, 15) is 9.18 Å². The molecular weight excluding hydrogens is 219 g/mol. The Hall–Kier alpha value is -1.22. The fourth-order valence-corrected chi connectivity index (χ4v) is 1.73. The summed E-state index contributed by atoms with van der Waals surface area (Å²) in [5.74, 6) is -0.726. The molecule has 0 saturated carbocycles. The molecule has 1 rings (SSSR count). The van der Waals surface area contributed by atoms with Crippen molar-refractivity contribution in [3.05, 3.63) is 35.1 Å². The predicted octanol–water partition coefficient (Wildman–Crippen LogP) is 3.38. The van der Waals surface area contributed by atoms with Crippen LogP contribution in [-0.4, -0.2) is 18.5 Å². The minimum atomic E-state index is -0.573. The Labute approximate surface area is 102 Å². The summed E-state index contributed by atoms with van der Waals surface area (Å²) >= 11 is 0. The van der Waals surface area contributed by atoms with E-state index in [4.69, 9.17) is 4.74 Å². The first-order chi connectivity index (χ1) is 7.97. The average molecular weight is 238 g/mol. The number of carbonyl (C=O) groups is 1. The van der Waals surface area contributed by atoms with E-state index in [1.807, 2.05) is 27.7 Å². The third kappa shape index (κ3) is 3.37. The second-order valence-electron chi connectivity index (χ2n) is 4.47. The molecule has 0 saturated heterocycles. The first-order valence-corrected chi connectivity index (χ1v) is 5.89. The van der Waals surface area contributed by atoms with Crippen LogP contribution in [0.1, 0.15) is 36.7 Å². The van der Waals surface area contributed by atoms with E-state index in [1.165, 1.54) is 6.07 Å². The van der Waals surface area contributed by atoms with Crippen molar-refractivity contribution < 1.29 is 13.9 Å². The van der Waals surface area contributed by atoms with Crippen LogP contribution in [0, 0.1) is 18.7 Å². The first kappa shape index (κ1) is 13.8. The summed E-state index contributed by atoms with van der Waals surface area (Å²) in [6.45, 7) is 7.90. The van der Waals surface area contributed by atoms with Gasteiger partial charge < -0.3 is 4.74 Å². The Balaban J connectivity index is 3.04. The fourth-order valence-electron chi connectivity index (χ4n) is 1.73. The van der Waals surface area contributed by atoms with Crippen LogP contribution < -0.4 is 0 Å². The third-order valence-corrected chi connectivity index (χ3v) is 2.60. The zero-order valence-corrected chi connectivity index (χ0v) is 10.8. The number of benzene rings is 1. The minimum absolute atomic E-state index is 0.0300. The van der Waals surface area contributed by atoms with Gasteiger partial charge in [0.05, 0.1) is 5.56 Å². The molecule has 3 heteroatoms. The van der Waals surface area contributed by atoms with Gasteiger partial charge in [0.1, 0.15) is 11.9 Å². The van der Waals surface area contributed by atoms with E-state index in [-0.39, 0.29) is 17.3 Å². The lowest BCUT2D eigenvalue weighted by atomic mass is 9.96. The van der Waals surface area contributed by atoms with Crippen molar-refractivity contribution in [2.45, 2.75) is 33.8 Å². The normalized spacial score (nSPS) is 12.8. The number of ether oxygens (including phenoxy) is 1. The van der Waals surface area contributed by atoms with Crippen molar-refractivity contribution in [1.29, 1.82) is 0 Å². The number of aryl methyl sites for hydroxylation is 1. The maximum atomic E-state index is 13.6. The van der Waals surface area contributed by atoms with Crippen LogP contribution >= 0.6 is 0 Å². The molecule has 0 aliphatic rings. The van der Waals surface area contributed by atoms with Gasteiger partial charge in [0, 0.05) is 6.61 Å². The van der Waals surface area contributed by atoms with E-state index in [1.54, 1.807) is 12.1 Å². The van der Waals surface area contributed by atoms with Crippen molar-refractivity contribution in [1.82, 2.24) is 0 Å². The maximum absolute atomic E-state index is 13.6. The van der Waals surface area contributed by atoms with Crippen LogP contribution in [0.4, 0.5) is 4.39 Å². The van der Waals surface area contributed by atoms with E-state index in [0.29, 0.717) is 6.61 Å². The molecule has 94 valence electrons. The van der Waals surface area contributed by atoms with Crippen LogP contribution in [0.5, 0.6) is 0 Å². The molecule has 0 heterocycles. The smallest absolute Gasteiger partial charge is 0.194 e. The molecule has 1 aromatic carbocycles. The Morgan fingerprint density at radius 1 is 1.41 bits per heavy atom. The average Bonchev–Trinajstić information content (AvgIpc) is 2.28. The monoisotopic (exact) mass is 238 g/mol. The molecule has 0 bridgehead atoms. The number of halogens is 1. The van der Waals surface area contributed by atoms with Gasteiger partial charge in [-0.2, -0.15) is 0 Å². The summed E-state index contributed by atoms with van der Waals surface area (Å²) in [6.07, 6.45) is -0.573. The van der Waals surface area contributed by atoms with Crippen LogP contribution in [0.15, 0.2) is 18.2 Å². The highest BCUT2D eigenvalue weighted by Crippen LogP contribution is 2.18. The molecule has 17 heavy (non-hydrogen) atoms. The Morgan fingerprint density at radius 3 is 2.59 bits per heavy atom. The van der Waals surface area contributed by atoms with Crippen molar-refractivity contribution >= 4 is 5.78 Å². The number of carbonyl (C=O) groups excluding carboxylic acids is 1. The van der Waals surface area contributed by atoms with Crippen molar-refractivity contribution in [2.24, 2.45) is 5.92 Å². The lowest BCUT2D eigenvalue weighted by molar-refractivity contribution is 0.0276. The SMILES string of the molecule is CCOC(C(=O)c1cc(C)ccc1F)C(C)C. The molecule has 0 amide bonds. The molecule has 1 aromatic rings. The van der Waals surface area contributed by atoms with Gasteiger partial charge in [0.15, 0.2) is 5.78 Å². The standard InChI is InChI=1S/C14H19FO2/c1-5-17-14(9(2)3)13(16)11-8-10(4)6-7-12(11)15/h6-9,14H,5H2,1-4H3. The van der Waals surface area contributed by atoms with Crippen LogP contribution in [0.25, 0.3) is 0 Å². The van der Waals surface area contributed by atoms with Gasteiger partial charge in [0.25, 0.3) is 0 Å². The van der Waals surface area contributed by atoms with Crippen LogP contribution in [0.2, 0.25) is 0 Å². The molecular formula is C14H19FO2. The number of ketones is 1. The minimum Gasteiger partial charge on any atom is -0.370 e. The van der Waals surface area contributed by atoms with Gasteiger partial charge in [0.2, 0.25) is 0 Å². The molecule has 0 aromatic heterocycles. The summed E-state index contributed by atoms with van der Waals surface area (Å²) in [4.78, 5) is 12.2. The van der Waals surface area contributed by atoms with Crippen LogP contribution in [0.3, 0.4) is 0 Å². The van der Waals surface area contributed by atoms with Gasteiger partial charge in [-0.3, -0.25) is 4.79 Å². The highest BCUT2D eigenvalue weighted by atomic mass is 19.1. The summed E-state index contributed by atoms with van der Waals surface area (Å²) in [6, 6.07) is 4.55. The number of rotatable bonds is 5. The Kier molecular flexibility index (Phi) is 4.82. The van der Waals surface area contributed by atoms with Gasteiger partial charge in [-0.25, -0.2) is 4.39 Å². The van der Waals surface area contributed by atoms with E-state index in [2.05, 4.69) is 0 Å². The largest absolute Gasteiger partial charge is 0.370 e. The molecule has 1 unspecified atom stereocenters. The van der Waals surface area contributed by atoms with Gasteiger partial charge >= 0.3 is 0 Å². The fraction of sp³-hybridized carbons (Fsp3) is 0.500. The predicted molar refractivity (Wildman–Crippen MR) is 65.7 cm³/mol. The second-order valence-corrected chi connectivity index (χ2v) is 4.47. The number of hydrogen-bond donors (Lipinski definition) is 0. The molecule has 0 fully saturated rings. The van der Waals surface area contributed by atoms with Gasteiger partial charge in [-0.1, -0.05) is 25.5 Å². The molecule has 1 atom stereocenters. The van der Waals surface area contributed by atoms with E-state index in [0.717, 1.165) is 5.56 Å². The third-order valence-electron chi connectivity index (χ3n) is 2.60. The molecule has 0 aliphatic heterocycles. The van der Waals surface area contributed by atoms with Crippen molar-refractivity contribution in [2.75, 3.05) is 6.61 Å². The Bertz CT molecular complexity index is 399. The zero-order chi connectivity index (χ0) is 13.0. The van der Waals surface area contributed by atoms with Gasteiger partial charge in [-0.15, -0.1) is 0 Å². The van der Waals surface area contributed by atoms with Crippen molar-refractivity contribution in [3.63, 3.8) is 0 Å². The van der Waals surface area contributed by atoms with Crippen LogP contribution in [-0.2, 0) is 4.74 Å². The highest BCUT2D eigenvalue weighted by molar-refractivity contribution is 6.00. The quantitative estimate of drug-likeness (QED) is 0.735. The number of Topliss-reactive ketones (excluding diaryl/α,β-unsaturated/α-hetero) is 1. The lowest BCUT2D eigenvalue weighted by Crippen LogP contribution is -2.30. The summed E-state index contributed by atoms with van der Waals surface area (Å²) < 4.78 is 19.0. The maximum Gasteiger partial charge on any atom is 0.194 e. The van der Waals surface area contributed by atoms with Gasteiger partial charge in [-0.05, 0) is 31.9 Å². The number of hydrogen-bond acceptors (Lipinski definition) is 2. The molecule has 0 spiro atoms. The Morgan fingerprint density at radius 2 is 2.06 bits per heavy atom. The summed E-state index contributed by atoms with van der Waals surface area (Å²) in [5.41, 5.74) is 0.992. The molecule has 0 radical (unpaired) electrons. The van der Waals surface area contributed by atoms with Crippen molar-refractivity contribution in [3.8, 4) is 0 Å². The second kappa shape index (κ2) is 5.92. The summed E-state index contributed by atoms with van der Waals surface area (Å²) in [5, 5.41) is 0. The molecule has 0 N–H and O–H groups in total. The first-order valence-electron chi connectivity index (χ1n) is 5.89. The molecule has 0 aliphatic carbocycles. The summed E-state index contributed by atoms with van der Waals surface area (Å²) in [7, 11) is 0. The van der Waals surface area contributed by atoms with E-state index >= 15 is 0 Å². The lowest BCUT2D eigenvalue weighted by Gasteiger charge is -2.19. The molecule has 2 nitrogen and oxygen atoms in total. The zero-order valence-electron chi connectivity index (χ0n) is 10.8. The highest BCUT2D eigenvalue weighted by Gasteiger charge is 2.25. The topological polar surface area (TPSA) is 26.3 Å².